The highest BCUT2D eigenvalue weighted by Crippen LogP contribution is 2.40. The van der Waals surface area contributed by atoms with E-state index < -0.39 is 10.0 Å². The van der Waals surface area contributed by atoms with Crippen LogP contribution in [0.3, 0.4) is 0 Å². The summed E-state index contributed by atoms with van der Waals surface area (Å²) < 4.78 is 40.0. The highest BCUT2D eigenvalue weighted by atomic mass is 32.2. The zero-order valence-electron chi connectivity index (χ0n) is 19.7. The van der Waals surface area contributed by atoms with E-state index in [1.54, 1.807) is 42.6 Å². The molecule has 0 bridgehead atoms. The molecule has 0 saturated carbocycles. The number of nitrogens with zero attached hydrogens (tertiary/aromatic N) is 3. The molecular formula is C25H24N4O5S. The van der Waals surface area contributed by atoms with Crippen molar-refractivity contribution < 1.29 is 23.0 Å². The van der Waals surface area contributed by atoms with Crippen LogP contribution in [0.15, 0.2) is 53.7 Å². The maximum Gasteiger partial charge on any atom is 0.269 e. The lowest BCUT2D eigenvalue weighted by atomic mass is 10.1. The standard InChI is InChI=1S/C25H24N4O5S/c1-14-5-7-17(8-6-14)35(31,32)29-20(11-18-16(13-30)9-10-26-24(18)29)19-12-27-21-15(2)23(33-3)25(34-4)28-22(19)21/h5-12,27,30H,13H2,1-4H3. The molecule has 0 aliphatic carbocycles. The second kappa shape index (κ2) is 8.40. The van der Waals surface area contributed by atoms with Crippen LogP contribution in [0.2, 0.25) is 0 Å². The average molecular weight is 493 g/mol. The number of pyridine rings is 2. The van der Waals surface area contributed by atoms with Crippen LogP contribution in [0, 0.1) is 13.8 Å². The van der Waals surface area contributed by atoms with Crippen LogP contribution < -0.4 is 9.47 Å². The Morgan fingerprint density at radius 1 is 1.09 bits per heavy atom. The van der Waals surface area contributed by atoms with Crippen molar-refractivity contribution in [3.05, 3.63) is 65.5 Å². The molecule has 0 atom stereocenters. The number of rotatable bonds is 6. The fourth-order valence-electron chi connectivity index (χ4n) is 4.33. The van der Waals surface area contributed by atoms with E-state index in [4.69, 9.17) is 9.47 Å². The highest BCUT2D eigenvalue weighted by Gasteiger charge is 2.28. The first-order valence-corrected chi connectivity index (χ1v) is 12.3. The van der Waals surface area contributed by atoms with Gasteiger partial charge in [-0.25, -0.2) is 22.4 Å². The number of ether oxygens (including phenoxy) is 2. The molecule has 0 saturated heterocycles. The number of hydrogen-bond donors (Lipinski definition) is 2. The topological polar surface area (TPSA) is 119 Å². The van der Waals surface area contributed by atoms with Gasteiger partial charge in [0, 0.05) is 28.9 Å². The molecule has 0 spiro atoms. The minimum Gasteiger partial charge on any atom is -0.491 e. The summed E-state index contributed by atoms with van der Waals surface area (Å²) in [5.41, 5.74) is 4.63. The van der Waals surface area contributed by atoms with E-state index in [-0.39, 0.29) is 23.0 Å². The molecule has 2 N–H and O–H groups in total. The number of nitrogens with one attached hydrogen (secondary N) is 1. The molecule has 0 radical (unpaired) electrons. The van der Waals surface area contributed by atoms with E-state index in [2.05, 4.69) is 15.0 Å². The number of aliphatic hydroxyl groups excluding tert-OH is 1. The van der Waals surface area contributed by atoms with E-state index >= 15 is 0 Å². The smallest absolute Gasteiger partial charge is 0.269 e. The monoisotopic (exact) mass is 492 g/mol. The van der Waals surface area contributed by atoms with Crippen molar-refractivity contribution in [2.75, 3.05) is 14.2 Å². The molecule has 5 aromatic rings. The summed E-state index contributed by atoms with van der Waals surface area (Å²) >= 11 is 0. The van der Waals surface area contributed by atoms with Gasteiger partial charge in [0.2, 0.25) is 0 Å². The number of H-pyrrole nitrogens is 1. The Morgan fingerprint density at radius 2 is 1.83 bits per heavy atom. The molecule has 0 amide bonds. The van der Waals surface area contributed by atoms with Crippen LogP contribution >= 0.6 is 0 Å². The molecule has 10 heteroatoms. The normalized spacial score (nSPS) is 11.9. The molecule has 35 heavy (non-hydrogen) atoms. The van der Waals surface area contributed by atoms with Crippen molar-refractivity contribution in [3.63, 3.8) is 0 Å². The Balaban J connectivity index is 1.88. The van der Waals surface area contributed by atoms with Crippen molar-refractivity contribution in [2.45, 2.75) is 25.3 Å². The van der Waals surface area contributed by atoms with Gasteiger partial charge in [-0.15, -0.1) is 0 Å². The molecule has 4 heterocycles. The van der Waals surface area contributed by atoms with Gasteiger partial charge in [-0.05, 0) is 43.7 Å². The van der Waals surface area contributed by atoms with Gasteiger partial charge in [0.05, 0.1) is 36.9 Å². The fourth-order valence-corrected chi connectivity index (χ4v) is 5.81. The van der Waals surface area contributed by atoms with E-state index in [9.17, 15) is 13.5 Å². The molecule has 1 aromatic carbocycles. The first-order valence-electron chi connectivity index (χ1n) is 10.8. The van der Waals surface area contributed by atoms with Gasteiger partial charge in [0.25, 0.3) is 15.9 Å². The van der Waals surface area contributed by atoms with Crippen LogP contribution in [0.4, 0.5) is 0 Å². The average Bonchev–Trinajstić information content (AvgIpc) is 3.45. The molecule has 4 aromatic heterocycles. The molecule has 0 fully saturated rings. The molecule has 0 unspecified atom stereocenters. The number of fused-ring (bicyclic) bond motifs is 2. The number of methoxy groups -OCH3 is 2. The fraction of sp³-hybridized carbons (Fsp3) is 0.200. The second-order valence-corrected chi connectivity index (χ2v) is 9.97. The molecule has 0 aliphatic rings. The quantitative estimate of drug-likeness (QED) is 0.368. The number of aromatic nitrogens is 4. The Kier molecular flexibility index (Phi) is 5.49. The van der Waals surface area contributed by atoms with E-state index in [0.29, 0.717) is 39.0 Å². The van der Waals surface area contributed by atoms with Gasteiger partial charge in [-0.1, -0.05) is 17.7 Å². The van der Waals surface area contributed by atoms with Gasteiger partial charge in [-0.3, -0.25) is 0 Å². The Hall–Kier alpha value is -3.89. The lowest BCUT2D eigenvalue weighted by molar-refractivity contribution is 0.283. The van der Waals surface area contributed by atoms with Crippen LogP contribution in [0.25, 0.3) is 33.3 Å². The van der Waals surface area contributed by atoms with Crippen LogP contribution in [0.1, 0.15) is 16.7 Å². The number of benzene rings is 1. The molecular weight excluding hydrogens is 468 g/mol. The largest absolute Gasteiger partial charge is 0.491 e. The van der Waals surface area contributed by atoms with Gasteiger partial charge in [0.15, 0.2) is 11.4 Å². The SMILES string of the molecule is COc1nc2c(-c3cc4c(CO)ccnc4n3S(=O)(=O)c3ccc(C)cc3)c[nH]c2c(C)c1OC. The maximum absolute atomic E-state index is 13.9. The first-order chi connectivity index (χ1) is 16.8. The summed E-state index contributed by atoms with van der Waals surface area (Å²) in [5, 5.41) is 10.4. The zero-order valence-corrected chi connectivity index (χ0v) is 20.5. The molecule has 5 rings (SSSR count). The summed E-state index contributed by atoms with van der Waals surface area (Å²) in [6.45, 7) is 3.50. The van der Waals surface area contributed by atoms with Crippen molar-refractivity contribution in [2.24, 2.45) is 0 Å². The van der Waals surface area contributed by atoms with E-state index in [0.717, 1.165) is 11.1 Å². The van der Waals surface area contributed by atoms with E-state index in [1.807, 2.05) is 13.8 Å². The molecule has 0 aliphatic heterocycles. The summed E-state index contributed by atoms with van der Waals surface area (Å²) in [6, 6.07) is 10.0. The van der Waals surface area contributed by atoms with Gasteiger partial charge in [-0.2, -0.15) is 0 Å². The number of aromatic amines is 1. The molecule has 9 nitrogen and oxygen atoms in total. The summed E-state index contributed by atoms with van der Waals surface area (Å²) in [7, 11) is -1.02. The maximum atomic E-state index is 13.9. The Labute approximate surface area is 202 Å². The lowest BCUT2D eigenvalue weighted by Gasteiger charge is -2.13. The van der Waals surface area contributed by atoms with Gasteiger partial charge >= 0.3 is 0 Å². The Morgan fingerprint density at radius 3 is 2.49 bits per heavy atom. The zero-order chi connectivity index (χ0) is 24.9. The third kappa shape index (κ3) is 3.44. The Bertz CT molecular complexity index is 1690. The molecule has 180 valence electrons. The van der Waals surface area contributed by atoms with Crippen molar-refractivity contribution >= 4 is 32.1 Å². The van der Waals surface area contributed by atoms with Crippen LogP contribution in [-0.2, 0) is 16.6 Å². The summed E-state index contributed by atoms with van der Waals surface area (Å²) in [6.07, 6.45) is 3.20. The predicted molar refractivity (Wildman–Crippen MR) is 132 cm³/mol. The summed E-state index contributed by atoms with van der Waals surface area (Å²) in [5.74, 6) is 0.780. The number of hydrogen-bond acceptors (Lipinski definition) is 7. The van der Waals surface area contributed by atoms with Crippen molar-refractivity contribution in [1.82, 2.24) is 18.9 Å². The highest BCUT2D eigenvalue weighted by molar-refractivity contribution is 7.90. The van der Waals surface area contributed by atoms with Gasteiger partial charge < -0.3 is 19.6 Å². The van der Waals surface area contributed by atoms with Crippen molar-refractivity contribution in [3.8, 4) is 22.9 Å². The van der Waals surface area contributed by atoms with Crippen LogP contribution in [-0.4, -0.2) is 46.7 Å². The number of aryl methyl sites for hydroxylation is 2. The third-order valence-electron chi connectivity index (χ3n) is 6.13. The first kappa shape index (κ1) is 22.9. The van der Waals surface area contributed by atoms with Gasteiger partial charge in [0.1, 0.15) is 5.52 Å². The van der Waals surface area contributed by atoms with Crippen molar-refractivity contribution in [1.29, 1.82) is 0 Å². The summed E-state index contributed by atoms with van der Waals surface area (Å²) in [4.78, 5) is 12.3. The minimum atomic E-state index is -4.05. The number of aliphatic hydroxyl groups is 1. The minimum absolute atomic E-state index is 0.126. The van der Waals surface area contributed by atoms with E-state index in [1.165, 1.54) is 24.4 Å². The lowest BCUT2D eigenvalue weighted by Crippen LogP contribution is -2.15. The predicted octanol–water partition coefficient (Wildman–Crippen LogP) is 3.94. The van der Waals surface area contributed by atoms with Crippen LogP contribution in [0.5, 0.6) is 11.6 Å². The second-order valence-electron chi connectivity index (χ2n) is 8.18. The third-order valence-corrected chi connectivity index (χ3v) is 7.85.